The standard InChI is InChI=1S/C29H32Si/c1-20-12-16-27(17-13-20)30(26-10-8-7-9-11-26,28-18-14-21(2)15-19-28)29-24(5)22(3)23(4)25(29)6/h7-19,24H,1-6H3. The Morgan fingerprint density at radius 1 is 0.533 bits per heavy atom. The Bertz CT molecular complexity index is 1070. The fraction of sp³-hybridized carbons (Fsp3) is 0.241. The van der Waals surface area contributed by atoms with Gasteiger partial charge in [-0.2, -0.15) is 0 Å². The van der Waals surface area contributed by atoms with Gasteiger partial charge in [0.05, 0.1) is 0 Å². The van der Waals surface area contributed by atoms with Crippen LogP contribution in [0.1, 0.15) is 38.8 Å². The van der Waals surface area contributed by atoms with E-state index in [-0.39, 0.29) is 0 Å². The molecule has 1 heteroatoms. The fourth-order valence-electron chi connectivity index (χ4n) is 5.23. The third kappa shape index (κ3) is 3.13. The van der Waals surface area contributed by atoms with Gasteiger partial charge < -0.3 is 0 Å². The number of aryl methyl sites for hydroxylation is 2. The third-order valence-corrected chi connectivity index (χ3v) is 12.4. The second kappa shape index (κ2) is 7.89. The van der Waals surface area contributed by atoms with E-state index in [0.717, 1.165) is 0 Å². The van der Waals surface area contributed by atoms with E-state index >= 15 is 0 Å². The second-order valence-electron chi connectivity index (χ2n) is 8.92. The highest BCUT2D eigenvalue weighted by Crippen LogP contribution is 2.41. The van der Waals surface area contributed by atoms with Crippen molar-refractivity contribution in [1.29, 1.82) is 0 Å². The van der Waals surface area contributed by atoms with Crippen molar-refractivity contribution in [3.8, 4) is 0 Å². The van der Waals surface area contributed by atoms with Gasteiger partial charge >= 0.3 is 0 Å². The van der Waals surface area contributed by atoms with Gasteiger partial charge in [0.2, 0.25) is 0 Å². The van der Waals surface area contributed by atoms with E-state index in [9.17, 15) is 0 Å². The highest BCUT2D eigenvalue weighted by atomic mass is 28.3. The monoisotopic (exact) mass is 408 g/mol. The van der Waals surface area contributed by atoms with Gasteiger partial charge in [0.1, 0.15) is 0 Å². The van der Waals surface area contributed by atoms with Crippen LogP contribution in [0.3, 0.4) is 0 Å². The molecule has 0 amide bonds. The van der Waals surface area contributed by atoms with Gasteiger partial charge in [0, 0.05) is 0 Å². The Morgan fingerprint density at radius 3 is 1.37 bits per heavy atom. The predicted octanol–water partition coefficient (Wildman–Crippen LogP) is 5.62. The molecule has 0 saturated carbocycles. The molecule has 30 heavy (non-hydrogen) atoms. The van der Waals surface area contributed by atoms with Gasteiger partial charge in [-0.05, 0) is 61.7 Å². The highest BCUT2D eigenvalue weighted by Gasteiger charge is 2.47. The summed E-state index contributed by atoms with van der Waals surface area (Å²) in [5, 5.41) is 6.08. The summed E-state index contributed by atoms with van der Waals surface area (Å²) in [6.45, 7) is 13.8. The molecule has 3 aromatic carbocycles. The van der Waals surface area contributed by atoms with E-state index in [4.69, 9.17) is 0 Å². The molecule has 4 rings (SSSR count). The van der Waals surface area contributed by atoms with Gasteiger partial charge in [-0.1, -0.05) is 113 Å². The zero-order chi connectivity index (χ0) is 21.5. The summed E-state index contributed by atoms with van der Waals surface area (Å²) in [6.07, 6.45) is 0. The molecule has 152 valence electrons. The summed E-state index contributed by atoms with van der Waals surface area (Å²) >= 11 is 0. The molecule has 0 N–H and O–H groups in total. The SMILES string of the molecule is CC1=C(C)C(C)C([Si](c2ccccc2)(c2ccc(C)cc2)c2ccc(C)cc2)=C1C. The molecule has 0 radical (unpaired) electrons. The molecule has 0 nitrogen and oxygen atoms in total. The smallest absolute Gasteiger partial charge is 0.0636 e. The van der Waals surface area contributed by atoms with Crippen LogP contribution in [0.2, 0.25) is 0 Å². The van der Waals surface area contributed by atoms with Crippen LogP contribution in [0, 0.1) is 19.8 Å². The molecule has 0 heterocycles. The maximum atomic E-state index is 2.41. The highest BCUT2D eigenvalue weighted by molar-refractivity contribution is 7.16. The molecule has 0 aliphatic heterocycles. The lowest BCUT2D eigenvalue weighted by molar-refractivity contribution is 0.851. The first-order valence-electron chi connectivity index (χ1n) is 11.0. The molecule has 3 aromatic rings. The Balaban J connectivity index is 2.15. The summed E-state index contributed by atoms with van der Waals surface area (Å²) in [5.41, 5.74) is 7.12. The van der Waals surface area contributed by atoms with Crippen LogP contribution in [-0.4, -0.2) is 8.07 Å². The topological polar surface area (TPSA) is 0 Å². The van der Waals surface area contributed by atoms with Gasteiger partial charge in [-0.3, -0.25) is 0 Å². The second-order valence-corrected chi connectivity index (χ2v) is 12.7. The summed E-state index contributed by atoms with van der Waals surface area (Å²) < 4.78 is 0. The fourth-order valence-corrected chi connectivity index (χ4v) is 10.8. The first-order chi connectivity index (χ1) is 14.4. The lowest BCUT2D eigenvalue weighted by Crippen LogP contribution is -2.69. The van der Waals surface area contributed by atoms with Gasteiger partial charge in [-0.25, -0.2) is 0 Å². The van der Waals surface area contributed by atoms with Gasteiger partial charge in [0.15, 0.2) is 8.07 Å². The van der Waals surface area contributed by atoms with E-state index in [1.807, 2.05) is 0 Å². The molecule has 1 aliphatic rings. The molecule has 1 aliphatic carbocycles. The summed E-state index contributed by atoms with van der Waals surface area (Å²) in [6, 6.07) is 30.0. The molecule has 0 aromatic heterocycles. The Labute approximate surface area is 183 Å². The van der Waals surface area contributed by atoms with E-state index in [0.29, 0.717) is 5.92 Å². The van der Waals surface area contributed by atoms with Crippen molar-refractivity contribution in [2.75, 3.05) is 0 Å². The van der Waals surface area contributed by atoms with Crippen LogP contribution in [0.4, 0.5) is 0 Å². The molecule has 0 spiro atoms. The first kappa shape index (κ1) is 20.6. The minimum Gasteiger partial charge on any atom is -0.0636 e. The third-order valence-electron chi connectivity index (χ3n) is 7.22. The zero-order valence-electron chi connectivity index (χ0n) is 19.1. The molecular weight excluding hydrogens is 376 g/mol. The van der Waals surface area contributed by atoms with E-state index in [1.54, 1.807) is 5.20 Å². The number of allylic oxidation sites excluding steroid dienone is 4. The van der Waals surface area contributed by atoms with Crippen molar-refractivity contribution in [1.82, 2.24) is 0 Å². The van der Waals surface area contributed by atoms with Gasteiger partial charge in [0.25, 0.3) is 0 Å². The van der Waals surface area contributed by atoms with Crippen LogP contribution < -0.4 is 15.6 Å². The maximum absolute atomic E-state index is 2.41. The van der Waals surface area contributed by atoms with E-state index in [1.165, 1.54) is 43.4 Å². The summed E-state index contributed by atoms with van der Waals surface area (Å²) in [5.74, 6) is 0.458. The van der Waals surface area contributed by atoms with E-state index < -0.39 is 8.07 Å². The average molecular weight is 409 g/mol. The molecule has 0 bridgehead atoms. The minimum atomic E-state index is -2.41. The zero-order valence-corrected chi connectivity index (χ0v) is 20.1. The molecule has 0 saturated heterocycles. The average Bonchev–Trinajstić information content (AvgIpc) is 2.95. The van der Waals surface area contributed by atoms with Crippen LogP contribution in [0.5, 0.6) is 0 Å². The largest absolute Gasteiger partial charge is 0.176 e. The van der Waals surface area contributed by atoms with Crippen LogP contribution in [-0.2, 0) is 0 Å². The first-order valence-corrected chi connectivity index (χ1v) is 13.0. The predicted molar refractivity (Wildman–Crippen MR) is 134 cm³/mol. The van der Waals surface area contributed by atoms with Crippen molar-refractivity contribution < 1.29 is 0 Å². The number of hydrogen-bond donors (Lipinski definition) is 0. The summed E-state index contributed by atoms with van der Waals surface area (Å²) in [4.78, 5) is 0. The quantitative estimate of drug-likeness (QED) is 0.388. The number of hydrogen-bond acceptors (Lipinski definition) is 0. The van der Waals surface area contributed by atoms with Gasteiger partial charge in [-0.15, -0.1) is 0 Å². The Kier molecular flexibility index (Phi) is 5.42. The number of rotatable bonds is 4. The van der Waals surface area contributed by atoms with Crippen molar-refractivity contribution in [2.24, 2.45) is 5.92 Å². The maximum Gasteiger partial charge on any atom is 0.176 e. The Hall–Kier alpha value is -2.64. The molecule has 1 unspecified atom stereocenters. The van der Waals surface area contributed by atoms with Crippen molar-refractivity contribution >= 4 is 23.6 Å². The van der Waals surface area contributed by atoms with Crippen LogP contribution >= 0.6 is 0 Å². The Morgan fingerprint density at radius 2 is 0.967 bits per heavy atom. The normalized spacial score (nSPS) is 17.1. The molecular formula is C29H32Si. The van der Waals surface area contributed by atoms with E-state index in [2.05, 4.69) is 120 Å². The summed E-state index contributed by atoms with van der Waals surface area (Å²) in [7, 11) is -2.41. The molecule has 1 atom stereocenters. The van der Waals surface area contributed by atoms with Crippen LogP contribution in [0.25, 0.3) is 0 Å². The van der Waals surface area contributed by atoms with Crippen molar-refractivity contribution in [3.05, 3.63) is 112 Å². The van der Waals surface area contributed by atoms with Crippen molar-refractivity contribution in [2.45, 2.75) is 41.5 Å². The lowest BCUT2D eigenvalue weighted by Gasteiger charge is -2.38. The van der Waals surface area contributed by atoms with Crippen molar-refractivity contribution in [3.63, 3.8) is 0 Å². The minimum absolute atomic E-state index is 0.458. The lowest BCUT2D eigenvalue weighted by atomic mass is 10.1. The van der Waals surface area contributed by atoms with Crippen LogP contribution in [0.15, 0.2) is 101 Å². The number of benzene rings is 3. The molecule has 0 fully saturated rings.